The number of hydrogen-bond donors (Lipinski definition) is 1. The summed E-state index contributed by atoms with van der Waals surface area (Å²) < 4.78 is 40.8. The standard InChI is InChI=1S/C13H17FN4O2S/c1-10(2)12(9-18-15-7-8-16-18)17-21(19,20)13-6-4-3-5-11(13)14/h3-8,10,12,17H,9H2,1-2H3. The molecule has 1 atom stereocenters. The van der Waals surface area contributed by atoms with Gasteiger partial charge in [-0.1, -0.05) is 26.0 Å². The Morgan fingerprint density at radius 3 is 2.43 bits per heavy atom. The van der Waals surface area contributed by atoms with E-state index in [9.17, 15) is 12.8 Å². The zero-order valence-corrected chi connectivity index (χ0v) is 12.6. The molecule has 1 heterocycles. The summed E-state index contributed by atoms with van der Waals surface area (Å²) in [6, 6.07) is 4.84. The zero-order chi connectivity index (χ0) is 15.5. The molecule has 114 valence electrons. The summed E-state index contributed by atoms with van der Waals surface area (Å²) in [7, 11) is -3.93. The van der Waals surface area contributed by atoms with Gasteiger partial charge in [0.05, 0.1) is 18.9 Å². The van der Waals surface area contributed by atoms with E-state index in [1.54, 1.807) is 0 Å². The first-order chi connectivity index (χ1) is 9.90. The number of rotatable bonds is 6. The van der Waals surface area contributed by atoms with Crippen LogP contribution < -0.4 is 4.72 Å². The van der Waals surface area contributed by atoms with Gasteiger partial charge in [0.2, 0.25) is 10.0 Å². The summed E-state index contributed by atoms with van der Waals surface area (Å²) >= 11 is 0. The third-order valence-corrected chi connectivity index (χ3v) is 4.59. The molecular weight excluding hydrogens is 295 g/mol. The van der Waals surface area contributed by atoms with Crippen molar-refractivity contribution in [2.24, 2.45) is 5.92 Å². The van der Waals surface area contributed by atoms with Crippen molar-refractivity contribution in [3.63, 3.8) is 0 Å². The second-order valence-electron chi connectivity index (χ2n) is 4.99. The Balaban J connectivity index is 2.22. The minimum Gasteiger partial charge on any atom is -0.207 e. The quantitative estimate of drug-likeness (QED) is 0.875. The molecule has 8 heteroatoms. The molecule has 0 radical (unpaired) electrons. The van der Waals surface area contributed by atoms with Crippen LogP contribution in [0.5, 0.6) is 0 Å². The molecule has 0 aliphatic carbocycles. The van der Waals surface area contributed by atoms with Crippen molar-refractivity contribution in [1.29, 1.82) is 0 Å². The zero-order valence-electron chi connectivity index (χ0n) is 11.8. The van der Waals surface area contributed by atoms with E-state index in [0.717, 1.165) is 6.07 Å². The van der Waals surface area contributed by atoms with Gasteiger partial charge in [-0.3, -0.25) is 0 Å². The van der Waals surface area contributed by atoms with Gasteiger partial charge in [0, 0.05) is 6.04 Å². The molecule has 0 aliphatic heterocycles. The molecule has 2 rings (SSSR count). The van der Waals surface area contributed by atoms with Gasteiger partial charge in [0.1, 0.15) is 10.7 Å². The first kappa shape index (κ1) is 15.6. The Morgan fingerprint density at radius 2 is 1.86 bits per heavy atom. The molecule has 2 aromatic rings. The van der Waals surface area contributed by atoms with E-state index in [1.807, 2.05) is 13.8 Å². The number of nitrogens with one attached hydrogen (secondary N) is 1. The maximum Gasteiger partial charge on any atom is 0.243 e. The van der Waals surface area contributed by atoms with Gasteiger partial charge in [-0.05, 0) is 18.1 Å². The molecule has 1 unspecified atom stereocenters. The van der Waals surface area contributed by atoms with Crippen molar-refractivity contribution >= 4 is 10.0 Å². The average Bonchev–Trinajstić information content (AvgIpc) is 2.91. The van der Waals surface area contributed by atoms with E-state index in [1.165, 1.54) is 35.4 Å². The number of sulfonamides is 1. The highest BCUT2D eigenvalue weighted by atomic mass is 32.2. The maximum absolute atomic E-state index is 13.7. The van der Waals surface area contributed by atoms with Crippen molar-refractivity contribution in [2.75, 3.05) is 0 Å². The highest BCUT2D eigenvalue weighted by Gasteiger charge is 2.25. The number of benzene rings is 1. The van der Waals surface area contributed by atoms with Crippen LogP contribution in [0.1, 0.15) is 13.8 Å². The minimum absolute atomic E-state index is 0.00227. The van der Waals surface area contributed by atoms with Gasteiger partial charge in [-0.25, -0.2) is 17.5 Å². The van der Waals surface area contributed by atoms with E-state index in [2.05, 4.69) is 14.9 Å². The van der Waals surface area contributed by atoms with Crippen LogP contribution in [-0.2, 0) is 16.6 Å². The van der Waals surface area contributed by atoms with Gasteiger partial charge in [0.25, 0.3) is 0 Å². The lowest BCUT2D eigenvalue weighted by Crippen LogP contribution is -2.42. The van der Waals surface area contributed by atoms with Crippen molar-refractivity contribution in [2.45, 2.75) is 31.3 Å². The van der Waals surface area contributed by atoms with Crippen LogP contribution in [0.3, 0.4) is 0 Å². The molecule has 0 amide bonds. The number of halogens is 1. The second kappa shape index (κ2) is 6.31. The van der Waals surface area contributed by atoms with Gasteiger partial charge in [-0.15, -0.1) is 0 Å². The summed E-state index contributed by atoms with van der Waals surface area (Å²) in [6.45, 7) is 4.02. The van der Waals surface area contributed by atoms with Gasteiger partial charge in [-0.2, -0.15) is 15.0 Å². The van der Waals surface area contributed by atoms with E-state index in [0.29, 0.717) is 0 Å². The maximum atomic E-state index is 13.7. The smallest absolute Gasteiger partial charge is 0.207 e. The second-order valence-corrected chi connectivity index (χ2v) is 6.67. The Morgan fingerprint density at radius 1 is 1.24 bits per heavy atom. The first-order valence-corrected chi connectivity index (χ1v) is 7.99. The Kier molecular flexibility index (Phi) is 4.69. The predicted molar refractivity (Wildman–Crippen MR) is 75.4 cm³/mol. The van der Waals surface area contributed by atoms with Crippen LogP contribution in [0.4, 0.5) is 4.39 Å². The highest BCUT2D eigenvalue weighted by molar-refractivity contribution is 7.89. The molecule has 0 spiro atoms. The topological polar surface area (TPSA) is 76.9 Å². The Bertz CT molecular complexity index is 686. The molecule has 0 saturated heterocycles. The Hall–Kier alpha value is -1.80. The molecule has 0 fully saturated rings. The van der Waals surface area contributed by atoms with Crippen LogP contribution in [0, 0.1) is 11.7 Å². The van der Waals surface area contributed by atoms with Crippen molar-refractivity contribution in [3.8, 4) is 0 Å². The molecule has 1 N–H and O–H groups in total. The van der Waals surface area contributed by atoms with Gasteiger partial charge >= 0.3 is 0 Å². The third-order valence-electron chi connectivity index (χ3n) is 3.06. The SMILES string of the molecule is CC(C)C(Cn1nccn1)NS(=O)(=O)c1ccccc1F. The summed E-state index contributed by atoms with van der Waals surface area (Å²) in [6.07, 6.45) is 3.03. The van der Waals surface area contributed by atoms with Crippen molar-refractivity contribution in [3.05, 3.63) is 42.5 Å². The van der Waals surface area contributed by atoms with Crippen molar-refractivity contribution in [1.82, 2.24) is 19.7 Å². The van der Waals surface area contributed by atoms with Crippen LogP contribution in [0.25, 0.3) is 0 Å². The fraction of sp³-hybridized carbons (Fsp3) is 0.385. The summed E-state index contributed by atoms with van der Waals surface area (Å²) in [5.41, 5.74) is 0. The lowest BCUT2D eigenvalue weighted by molar-refractivity contribution is 0.361. The third kappa shape index (κ3) is 3.85. The molecule has 6 nitrogen and oxygen atoms in total. The fourth-order valence-corrected chi connectivity index (χ4v) is 3.28. The van der Waals surface area contributed by atoms with E-state index >= 15 is 0 Å². The van der Waals surface area contributed by atoms with E-state index in [-0.39, 0.29) is 17.4 Å². The first-order valence-electron chi connectivity index (χ1n) is 6.51. The number of nitrogens with zero attached hydrogens (tertiary/aromatic N) is 3. The summed E-state index contributed by atoms with van der Waals surface area (Å²) in [5, 5.41) is 7.91. The molecule has 0 aliphatic rings. The predicted octanol–water partition coefficient (Wildman–Crippen LogP) is 1.42. The van der Waals surface area contributed by atoms with Crippen LogP contribution >= 0.6 is 0 Å². The number of aromatic nitrogens is 3. The molecule has 21 heavy (non-hydrogen) atoms. The van der Waals surface area contributed by atoms with Crippen molar-refractivity contribution < 1.29 is 12.8 Å². The molecule has 1 aromatic carbocycles. The molecule has 0 saturated carbocycles. The van der Waals surface area contributed by atoms with Crippen LogP contribution in [-0.4, -0.2) is 29.5 Å². The lowest BCUT2D eigenvalue weighted by Gasteiger charge is -2.21. The van der Waals surface area contributed by atoms with Crippen LogP contribution in [0.15, 0.2) is 41.6 Å². The van der Waals surface area contributed by atoms with E-state index < -0.39 is 21.9 Å². The monoisotopic (exact) mass is 312 g/mol. The van der Waals surface area contributed by atoms with Gasteiger partial charge in [0.15, 0.2) is 0 Å². The minimum atomic E-state index is -3.93. The average molecular weight is 312 g/mol. The fourth-order valence-electron chi connectivity index (χ4n) is 1.82. The lowest BCUT2D eigenvalue weighted by atomic mass is 10.1. The summed E-state index contributed by atoms with van der Waals surface area (Å²) in [4.78, 5) is 1.04. The van der Waals surface area contributed by atoms with Crippen LogP contribution in [0.2, 0.25) is 0 Å². The molecule has 1 aromatic heterocycles. The normalized spacial score (nSPS) is 13.5. The molecule has 0 bridgehead atoms. The molecular formula is C13H17FN4O2S. The highest BCUT2D eigenvalue weighted by Crippen LogP contribution is 2.15. The largest absolute Gasteiger partial charge is 0.243 e. The number of hydrogen-bond acceptors (Lipinski definition) is 4. The Labute approximate surface area is 123 Å². The van der Waals surface area contributed by atoms with E-state index in [4.69, 9.17) is 0 Å². The summed E-state index contributed by atoms with van der Waals surface area (Å²) in [5.74, 6) is -0.776. The van der Waals surface area contributed by atoms with Gasteiger partial charge < -0.3 is 0 Å².